The zero-order valence-corrected chi connectivity index (χ0v) is 15.5. The molecule has 136 valence electrons. The summed E-state index contributed by atoms with van der Waals surface area (Å²) >= 11 is 1.66. The van der Waals surface area contributed by atoms with Crippen molar-refractivity contribution in [2.75, 3.05) is 5.32 Å². The predicted octanol–water partition coefficient (Wildman–Crippen LogP) is 1.74. The zero-order valence-electron chi connectivity index (χ0n) is 14.7. The maximum atomic E-state index is 12.3. The van der Waals surface area contributed by atoms with Crippen LogP contribution in [0.15, 0.2) is 11.1 Å². The van der Waals surface area contributed by atoms with Crippen molar-refractivity contribution >= 4 is 34.8 Å². The van der Waals surface area contributed by atoms with Crippen molar-refractivity contribution in [2.45, 2.75) is 50.8 Å². The van der Waals surface area contributed by atoms with Gasteiger partial charge < -0.3 is 5.11 Å². The Balaban J connectivity index is 2.01. The molecule has 1 aliphatic rings. The number of aromatic amines is 1. The van der Waals surface area contributed by atoms with Gasteiger partial charge in [0.2, 0.25) is 11.9 Å². The first-order chi connectivity index (χ1) is 11.8. The number of nitrogens with zero attached hydrogens (tertiary/aromatic N) is 3. The molecule has 0 aliphatic carbocycles. The molecule has 0 aromatic carbocycles. The third kappa shape index (κ3) is 3.18. The number of fused-ring (bicyclic) bond motifs is 1. The van der Waals surface area contributed by atoms with Crippen LogP contribution in [0.25, 0.3) is 11.2 Å². The van der Waals surface area contributed by atoms with E-state index in [0.717, 1.165) is 6.42 Å². The number of rotatable bonds is 4. The van der Waals surface area contributed by atoms with Gasteiger partial charge in [0.1, 0.15) is 5.37 Å². The first kappa shape index (κ1) is 17.9. The van der Waals surface area contributed by atoms with Crippen molar-refractivity contribution in [2.24, 2.45) is 11.8 Å². The molecule has 0 unspecified atom stereocenters. The first-order valence-corrected chi connectivity index (χ1v) is 9.39. The highest BCUT2D eigenvalue weighted by atomic mass is 32.2. The van der Waals surface area contributed by atoms with Gasteiger partial charge >= 0.3 is 0 Å². The standard InChI is InChI=1S/C16H23N5O3S/c1-5-9-8(4)11(22)15(25-9)21-6-17-10-12(21)18-16(20-14(10)24)19-13(23)7(2)3/h6-9,11,15,22H,5H2,1-4H3,(H2,18,19,20,23,24)/t8-,9-,11-,15-/m1/s1. The van der Waals surface area contributed by atoms with Crippen LogP contribution < -0.4 is 10.9 Å². The fourth-order valence-electron chi connectivity index (χ4n) is 2.99. The molecule has 2 aromatic heterocycles. The van der Waals surface area contributed by atoms with Gasteiger partial charge in [-0.2, -0.15) is 4.98 Å². The minimum atomic E-state index is -0.554. The van der Waals surface area contributed by atoms with Gasteiger partial charge in [-0.3, -0.25) is 24.5 Å². The number of carbonyl (C=O) groups is 1. The Morgan fingerprint density at radius 1 is 1.52 bits per heavy atom. The summed E-state index contributed by atoms with van der Waals surface area (Å²) in [4.78, 5) is 35.2. The number of aromatic nitrogens is 4. The van der Waals surface area contributed by atoms with Gasteiger partial charge in [-0.15, -0.1) is 11.8 Å². The Morgan fingerprint density at radius 2 is 2.24 bits per heavy atom. The highest BCUT2D eigenvalue weighted by Crippen LogP contribution is 2.47. The van der Waals surface area contributed by atoms with Crippen LogP contribution in [0.3, 0.4) is 0 Å². The Labute approximate surface area is 149 Å². The monoisotopic (exact) mass is 365 g/mol. The van der Waals surface area contributed by atoms with E-state index in [4.69, 9.17) is 0 Å². The largest absolute Gasteiger partial charge is 0.390 e. The molecular formula is C16H23N5O3S. The van der Waals surface area contributed by atoms with Crippen LogP contribution >= 0.6 is 11.8 Å². The van der Waals surface area contributed by atoms with Gasteiger partial charge in [0, 0.05) is 11.2 Å². The van der Waals surface area contributed by atoms with Gasteiger partial charge in [-0.05, 0) is 12.3 Å². The summed E-state index contributed by atoms with van der Waals surface area (Å²) in [5, 5.41) is 13.3. The second kappa shape index (κ2) is 6.80. The molecule has 0 bridgehead atoms. The van der Waals surface area contributed by atoms with Crippen molar-refractivity contribution in [1.82, 2.24) is 19.5 Å². The van der Waals surface area contributed by atoms with E-state index in [0.29, 0.717) is 10.9 Å². The minimum Gasteiger partial charge on any atom is -0.390 e. The fraction of sp³-hybridized carbons (Fsp3) is 0.625. The molecule has 0 spiro atoms. The SMILES string of the molecule is CC[C@H]1S[C@@H](n2cnc3c(=O)[nH]c(NC(=O)C(C)C)nc32)[C@H](O)[C@@H]1C. The summed E-state index contributed by atoms with van der Waals surface area (Å²) in [5.74, 6) is -0.233. The number of H-pyrrole nitrogens is 1. The summed E-state index contributed by atoms with van der Waals surface area (Å²) in [5.41, 5.74) is 0.145. The number of aliphatic hydroxyl groups is 1. The maximum Gasteiger partial charge on any atom is 0.280 e. The van der Waals surface area contributed by atoms with Crippen LogP contribution in [-0.4, -0.2) is 41.9 Å². The number of aliphatic hydroxyl groups excluding tert-OH is 1. The maximum absolute atomic E-state index is 12.3. The van der Waals surface area contributed by atoms with E-state index in [9.17, 15) is 14.7 Å². The third-order valence-corrected chi connectivity index (χ3v) is 6.50. The van der Waals surface area contributed by atoms with Crippen LogP contribution in [0, 0.1) is 11.8 Å². The first-order valence-electron chi connectivity index (χ1n) is 8.44. The lowest BCUT2D eigenvalue weighted by Crippen LogP contribution is -2.25. The summed E-state index contributed by atoms with van der Waals surface area (Å²) in [6, 6.07) is 0. The van der Waals surface area contributed by atoms with Gasteiger partial charge in [0.05, 0.1) is 12.4 Å². The number of imidazole rings is 1. The molecule has 0 radical (unpaired) electrons. The molecule has 4 atom stereocenters. The van der Waals surface area contributed by atoms with Crippen molar-refractivity contribution in [3.8, 4) is 0 Å². The smallest absolute Gasteiger partial charge is 0.280 e. The van der Waals surface area contributed by atoms with Crippen LogP contribution in [0.1, 0.15) is 39.5 Å². The number of nitrogens with one attached hydrogen (secondary N) is 2. The summed E-state index contributed by atoms with van der Waals surface area (Å²) in [6.45, 7) is 7.64. The normalized spacial score (nSPS) is 26.5. The van der Waals surface area contributed by atoms with Gasteiger partial charge in [0.15, 0.2) is 11.2 Å². The van der Waals surface area contributed by atoms with E-state index in [-0.39, 0.29) is 34.6 Å². The topological polar surface area (TPSA) is 113 Å². The van der Waals surface area contributed by atoms with Gasteiger partial charge in [-0.1, -0.05) is 27.7 Å². The average Bonchev–Trinajstić information content (AvgIpc) is 3.10. The quantitative estimate of drug-likeness (QED) is 0.761. The lowest BCUT2D eigenvalue weighted by Gasteiger charge is -2.17. The number of hydrogen-bond donors (Lipinski definition) is 3. The molecule has 1 saturated heterocycles. The lowest BCUT2D eigenvalue weighted by atomic mass is 9.99. The molecule has 3 heterocycles. The number of hydrogen-bond acceptors (Lipinski definition) is 6. The Bertz CT molecular complexity index is 846. The summed E-state index contributed by atoms with van der Waals surface area (Å²) in [6.07, 6.45) is 1.93. The Kier molecular flexibility index (Phi) is 4.88. The molecule has 1 fully saturated rings. The number of anilines is 1. The van der Waals surface area contributed by atoms with E-state index < -0.39 is 11.7 Å². The van der Waals surface area contributed by atoms with E-state index in [1.54, 1.807) is 30.2 Å². The number of amides is 1. The molecular weight excluding hydrogens is 342 g/mol. The molecule has 9 heteroatoms. The van der Waals surface area contributed by atoms with Gasteiger partial charge in [0.25, 0.3) is 5.56 Å². The summed E-state index contributed by atoms with van der Waals surface area (Å²) < 4.78 is 1.73. The highest BCUT2D eigenvalue weighted by molar-refractivity contribution is 8.00. The molecule has 3 rings (SSSR count). The van der Waals surface area contributed by atoms with E-state index in [1.807, 2.05) is 6.92 Å². The zero-order chi connectivity index (χ0) is 18.3. The molecule has 0 saturated carbocycles. The molecule has 2 aromatic rings. The lowest BCUT2D eigenvalue weighted by molar-refractivity contribution is -0.118. The van der Waals surface area contributed by atoms with Crippen molar-refractivity contribution in [3.05, 3.63) is 16.7 Å². The van der Waals surface area contributed by atoms with E-state index >= 15 is 0 Å². The second-order valence-electron chi connectivity index (χ2n) is 6.71. The van der Waals surface area contributed by atoms with Crippen LogP contribution in [0.5, 0.6) is 0 Å². The van der Waals surface area contributed by atoms with Crippen LogP contribution in [-0.2, 0) is 4.79 Å². The molecule has 1 amide bonds. The van der Waals surface area contributed by atoms with Crippen LogP contribution in [0.4, 0.5) is 5.95 Å². The minimum absolute atomic E-state index is 0.0931. The van der Waals surface area contributed by atoms with Crippen molar-refractivity contribution in [3.63, 3.8) is 0 Å². The third-order valence-electron chi connectivity index (χ3n) is 4.61. The van der Waals surface area contributed by atoms with E-state index in [2.05, 4.69) is 27.2 Å². The van der Waals surface area contributed by atoms with Gasteiger partial charge in [-0.25, -0.2) is 4.98 Å². The number of thioether (sulfide) groups is 1. The summed E-state index contributed by atoms with van der Waals surface area (Å²) in [7, 11) is 0. The van der Waals surface area contributed by atoms with Crippen molar-refractivity contribution in [1.29, 1.82) is 0 Å². The van der Waals surface area contributed by atoms with E-state index in [1.165, 1.54) is 6.33 Å². The molecule has 1 aliphatic heterocycles. The highest BCUT2D eigenvalue weighted by Gasteiger charge is 2.41. The Hall–Kier alpha value is -1.87. The predicted molar refractivity (Wildman–Crippen MR) is 97.5 cm³/mol. The average molecular weight is 365 g/mol. The second-order valence-corrected chi connectivity index (χ2v) is 8.07. The fourth-order valence-corrected chi connectivity index (χ4v) is 4.65. The Morgan fingerprint density at radius 3 is 2.84 bits per heavy atom. The molecule has 25 heavy (non-hydrogen) atoms. The van der Waals surface area contributed by atoms with Crippen molar-refractivity contribution < 1.29 is 9.90 Å². The van der Waals surface area contributed by atoms with Crippen LogP contribution in [0.2, 0.25) is 0 Å². The molecule has 3 N–H and O–H groups in total. The number of carbonyl (C=O) groups excluding carboxylic acids is 1. The molecule has 8 nitrogen and oxygen atoms in total.